The van der Waals surface area contributed by atoms with Gasteiger partial charge in [-0.25, -0.2) is 4.79 Å². The maximum atomic E-state index is 10.8. The van der Waals surface area contributed by atoms with Crippen molar-refractivity contribution >= 4 is 17.9 Å². The van der Waals surface area contributed by atoms with E-state index in [2.05, 4.69) is 13.8 Å². The smallest absolute Gasteiger partial charge is 0.407 e. The van der Waals surface area contributed by atoms with Crippen molar-refractivity contribution in [2.24, 2.45) is 0 Å². The van der Waals surface area contributed by atoms with Crippen molar-refractivity contribution in [1.29, 1.82) is 0 Å². The van der Waals surface area contributed by atoms with Gasteiger partial charge in [-0.3, -0.25) is 0 Å². The minimum Gasteiger partial charge on any atom is -0.465 e. The van der Waals surface area contributed by atoms with E-state index in [1.54, 1.807) is 0 Å². The van der Waals surface area contributed by atoms with Crippen LogP contribution >= 0.6 is 11.8 Å². The monoisotopic (exact) mass is 189 g/mol. The predicted octanol–water partition coefficient (Wildman–Crippen LogP) is 1.88. The van der Waals surface area contributed by atoms with E-state index in [1.807, 2.05) is 18.7 Å². The first-order valence-electron chi connectivity index (χ1n) is 4.08. The first kappa shape index (κ1) is 9.71. The predicted molar refractivity (Wildman–Crippen MR) is 50.7 cm³/mol. The van der Waals surface area contributed by atoms with Crippen molar-refractivity contribution < 1.29 is 9.90 Å². The Labute approximate surface area is 77.1 Å². The van der Waals surface area contributed by atoms with Crippen molar-refractivity contribution in [2.75, 3.05) is 12.3 Å². The van der Waals surface area contributed by atoms with Gasteiger partial charge in [-0.05, 0) is 20.8 Å². The third kappa shape index (κ3) is 1.68. The van der Waals surface area contributed by atoms with E-state index >= 15 is 0 Å². The number of nitrogens with zero attached hydrogens (tertiary/aromatic N) is 1. The summed E-state index contributed by atoms with van der Waals surface area (Å²) >= 11 is 1.84. The van der Waals surface area contributed by atoms with Gasteiger partial charge in [0.1, 0.15) is 0 Å². The molecule has 1 saturated heterocycles. The topological polar surface area (TPSA) is 40.5 Å². The molecule has 70 valence electrons. The van der Waals surface area contributed by atoms with E-state index in [1.165, 1.54) is 4.90 Å². The van der Waals surface area contributed by atoms with Crippen molar-refractivity contribution in [3.8, 4) is 0 Å². The van der Waals surface area contributed by atoms with Crippen molar-refractivity contribution in [1.82, 2.24) is 4.90 Å². The molecule has 1 rings (SSSR count). The van der Waals surface area contributed by atoms with Gasteiger partial charge in [-0.2, -0.15) is 11.8 Å². The van der Waals surface area contributed by atoms with Crippen LogP contribution in [0, 0.1) is 0 Å². The summed E-state index contributed by atoms with van der Waals surface area (Å²) in [5.41, 5.74) is 0. The molecule has 1 fully saturated rings. The van der Waals surface area contributed by atoms with E-state index in [0.717, 1.165) is 5.75 Å². The zero-order chi connectivity index (χ0) is 9.35. The third-order valence-electron chi connectivity index (χ3n) is 2.53. The van der Waals surface area contributed by atoms with Crippen LogP contribution in [-0.4, -0.2) is 39.2 Å². The molecule has 1 unspecified atom stereocenters. The molecule has 0 aromatic heterocycles. The average molecular weight is 189 g/mol. The molecule has 1 aliphatic rings. The number of hydrogen-bond acceptors (Lipinski definition) is 2. The summed E-state index contributed by atoms with van der Waals surface area (Å²) in [4.78, 5) is 12.3. The van der Waals surface area contributed by atoms with Gasteiger partial charge in [-0.1, -0.05) is 0 Å². The third-order valence-corrected chi connectivity index (χ3v) is 4.00. The fourth-order valence-electron chi connectivity index (χ4n) is 1.36. The van der Waals surface area contributed by atoms with E-state index in [4.69, 9.17) is 5.11 Å². The first-order chi connectivity index (χ1) is 5.45. The molecular weight excluding hydrogens is 174 g/mol. The van der Waals surface area contributed by atoms with E-state index in [9.17, 15) is 4.79 Å². The quantitative estimate of drug-likeness (QED) is 0.632. The van der Waals surface area contributed by atoms with Crippen LogP contribution < -0.4 is 0 Å². The highest BCUT2D eigenvalue weighted by molar-refractivity contribution is 8.00. The van der Waals surface area contributed by atoms with Gasteiger partial charge in [0.15, 0.2) is 0 Å². The normalized spacial score (nSPS) is 28.6. The Hall–Kier alpha value is -0.380. The molecule has 0 aliphatic carbocycles. The highest BCUT2D eigenvalue weighted by atomic mass is 32.2. The molecule has 12 heavy (non-hydrogen) atoms. The van der Waals surface area contributed by atoms with Crippen LogP contribution in [0.25, 0.3) is 0 Å². The summed E-state index contributed by atoms with van der Waals surface area (Å²) in [7, 11) is 0. The van der Waals surface area contributed by atoms with Crippen LogP contribution in [0.2, 0.25) is 0 Å². The lowest BCUT2D eigenvalue weighted by atomic mass is 10.0. The van der Waals surface area contributed by atoms with Gasteiger partial charge in [0.25, 0.3) is 0 Å². The molecule has 1 atom stereocenters. The average Bonchev–Trinajstić information content (AvgIpc) is 1.94. The summed E-state index contributed by atoms with van der Waals surface area (Å²) in [6, 6.07) is 0.105. The summed E-state index contributed by atoms with van der Waals surface area (Å²) < 4.78 is 0.0522. The lowest BCUT2D eigenvalue weighted by Gasteiger charge is -2.42. The van der Waals surface area contributed by atoms with Crippen molar-refractivity contribution in [3.63, 3.8) is 0 Å². The van der Waals surface area contributed by atoms with Crippen LogP contribution in [0.15, 0.2) is 0 Å². The molecule has 1 amide bonds. The second-order valence-corrected chi connectivity index (χ2v) is 5.35. The van der Waals surface area contributed by atoms with E-state index in [0.29, 0.717) is 6.54 Å². The molecule has 0 spiro atoms. The highest BCUT2D eigenvalue weighted by Crippen LogP contribution is 2.34. The minimum atomic E-state index is -0.795. The second-order valence-electron chi connectivity index (χ2n) is 3.60. The molecule has 3 nitrogen and oxygen atoms in total. The number of amides is 1. The van der Waals surface area contributed by atoms with Crippen LogP contribution in [0.1, 0.15) is 20.8 Å². The molecule has 1 heterocycles. The Balaban J connectivity index is 2.73. The Morgan fingerprint density at radius 2 is 2.25 bits per heavy atom. The summed E-state index contributed by atoms with van der Waals surface area (Å²) in [5, 5.41) is 8.86. The standard InChI is InChI=1S/C8H15NO2S/c1-6-8(2,3)12-5-4-9(6)7(10)11/h6H,4-5H2,1-3H3,(H,10,11). The van der Waals surface area contributed by atoms with Crippen LogP contribution in [0.3, 0.4) is 0 Å². The van der Waals surface area contributed by atoms with Gasteiger partial charge in [0.2, 0.25) is 0 Å². The molecule has 0 saturated carbocycles. The Bertz CT molecular complexity index is 193. The zero-order valence-corrected chi connectivity index (χ0v) is 8.52. The molecule has 1 aliphatic heterocycles. The second kappa shape index (κ2) is 3.17. The van der Waals surface area contributed by atoms with E-state index in [-0.39, 0.29) is 10.8 Å². The van der Waals surface area contributed by atoms with Gasteiger partial charge in [0, 0.05) is 23.1 Å². The summed E-state index contributed by atoms with van der Waals surface area (Å²) in [5.74, 6) is 0.906. The zero-order valence-electron chi connectivity index (χ0n) is 7.70. The van der Waals surface area contributed by atoms with Crippen molar-refractivity contribution in [3.05, 3.63) is 0 Å². The molecule has 1 N–H and O–H groups in total. The summed E-state index contributed by atoms with van der Waals surface area (Å²) in [6.07, 6.45) is -0.795. The largest absolute Gasteiger partial charge is 0.465 e. The Morgan fingerprint density at radius 1 is 1.67 bits per heavy atom. The molecule has 0 bridgehead atoms. The fraction of sp³-hybridized carbons (Fsp3) is 0.875. The van der Waals surface area contributed by atoms with Gasteiger partial charge >= 0.3 is 6.09 Å². The van der Waals surface area contributed by atoms with Gasteiger partial charge in [0.05, 0.1) is 0 Å². The number of carboxylic acid groups (broad SMARTS) is 1. The Kier molecular flexibility index (Phi) is 2.56. The SMILES string of the molecule is CC1N(C(=O)O)CCSC1(C)C. The van der Waals surface area contributed by atoms with Crippen LogP contribution in [-0.2, 0) is 0 Å². The van der Waals surface area contributed by atoms with Crippen molar-refractivity contribution in [2.45, 2.75) is 31.6 Å². The Morgan fingerprint density at radius 3 is 2.67 bits per heavy atom. The molecule has 0 aromatic carbocycles. The number of rotatable bonds is 0. The van der Waals surface area contributed by atoms with Crippen LogP contribution in [0.4, 0.5) is 4.79 Å². The molecule has 0 radical (unpaired) electrons. The number of carbonyl (C=O) groups is 1. The van der Waals surface area contributed by atoms with Gasteiger partial charge < -0.3 is 10.0 Å². The number of thioether (sulfide) groups is 1. The molecule has 4 heteroatoms. The first-order valence-corrected chi connectivity index (χ1v) is 5.07. The fourth-order valence-corrected chi connectivity index (χ4v) is 2.54. The van der Waals surface area contributed by atoms with E-state index < -0.39 is 6.09 Å². The minimum absolute atomic E-state index is 0.0522. The molecular formula is C8H15NO2S. The lowest BCUT2D eigenvalue weighted by molar-refractivity contribution is 0.121. The van der Waals surface area contributed by atoms with Crippen LogP contribution in [0.5, 0.6) is 0 Å². The van der Waals surface area contributed by atoms with Gasteiger partial charge in [-0.15, -0.1) is 0 Å². The number of hydrogen-bond donors (Lipinski definition) is 1. The maximum Gasteiger partial charge on any atom is 0.407 e. The summed E-state index contributed by atoms with van der Waals surface area (Å²) in [6.45, 7) is 6.82. The lowest BCUT2D eigenvalue weighted by Crippen LogP contribution is -2.52. The maximum absolute atomic E-state index is 10.8. The highest BCUT2D eigenvalue weighted by Gasteiger charge is 2.37. The molecule has 0 aromatic rings.